The maximum Gasteiger partial charge on any atom is 0.181 e. The van der Waals surface area contributed by atoms with Crippen molar-refractivity contribution in [3.63, 3.8) is 0 Å². The molecule has 4 aromatic rings. The zero-order valence-corrected chi connectivity index (χ0v) is 12.9. The number of rotatable bonds is 4. The average Bonchev–Trinajstić information content (AvgIpc) is 3.30. The minimum absolute atomic E-state index is 0.846. The third-order valence-electron chi connectivity index (χ3n) is 3.40. The number of hydrogen-bond donors (Lipinski definition) is 0. The number of hydrogen-bond acceptors (Lipinski definition) is 5. The first kappa shape index (κ1) is 13.8. The molecule has 0 fully saturated rings. The van der Waals surface area contributed by atoms with Gasteiger partial charge in [0.15, 0.2) is 12.8 Å². The molecule has 0 radical (unpaired) electrons. The van der Waals surface area contributed by atoms with Gasteiger partial charge in [0.25, 0.3) is 0 Å². The molecule has 0 bridgehead atoms. The van der Waals surface area contributed by atoms with Crippen LogP contribution >= 0.6 is 11.8 Å². The van der Waals surface area contributed by atoms with Gasteiger partial charge in [-0.05, 0) is 24.3 Å². The summed E-state index contributed by atoms with van der Waals surface area (Å²) in [6.07, 6.45) is 6.17. The molecular weight excluding hydrogens is 308 g/mol. The SMILES string of the molecule is c1nc(-c2ccc(Sc3ccc(-c4cocn4)cc3)cc2)co1. The Balaban J connectivity index is 1.49. The Labute approximate surface area is 137 Å². The standard InChI is InChI=1S/C18H12N2O2S/c1-5-15(6-2-13(1)17-9-21-11-19-17)23-16-7-3-14(4-8-16)18-10-22-12-20-18/h1-12H. The van der Waals surface area contributed by atoms with Crippen molar-refractivity contribution in [3.05, 3.63) is 73.8 Å². The Kier molecular flexibility index (Phi) is 3.70. The Morgan fingerprint density at radius 2 is 1.04 bits per heavy atom. The lowest BCUT2D eigenvalue weighted by atomic mass is 10.2. The maximum atomic E-state index is 5.01. The molecule has 4 nitrogen and oxygen atoms in total. The molecule has 4 rings (SSSR count). The first-order valence-corrected chi connectivity index (χ1v) is 7.85. The molecule has 0 unspecified atom stereocenters. The van der Waals surface area contributed by atoms with E-state index in [4.69, 9.17) is 8.83 Å². The van der Waals surface area contributed by atoms with Crippen molar-refractivity contribution in [1.82, 2.24) is 9.97 Å². The number of benzene rings is 2. The number of oxazole rings is 2. The fourth-order valence-corrected chi connectivity index (χ4v) is 3.05. The predicted molar refractivity (Wildman–Crippen MR) is 88.0 cm³/mol. The molecule has 0 spiro atoms. The zero-order chi connectivity index (χ0) is 15.5. The fraction of sp³-hybridized carbons (Fsp3) is 0. The summed E-state index contributed by atoms with van der Waals surface area (Å²) < 4.78 is 10.0. The molecule has 0 aliphatic carbocycles. The second-order valence-corrected chi connectivity index (χ2v) is 6.05. The first-order chi connectivity index (χ1) is 11.4. The van der Waals surface area contributed by atoms with Crippen LogP contribution < -0.4 is 0 Å². The minimum Gasteiger partial charge on any atom is -0.451 e. The van der Waals surface area contributed by atoms with Gasteiger partial charge in [0, 0.05) is 20.9 Å². The number of nitrogens with zero attached hydrogens (tertiary/aromatic N) is 2. The predicted octanol–water partition coefficient (Wildman–Crippen LogP) is 5.15. The topological polar surface area (TPSA) is 52.1 Å². The molecule has 5 heteroatoms. The molecule has 0 amide bonds. The molecule has 112 valence electrons. The zero-order valence-electron chi connectivity index (χ0n) is 12.0. The van der Waals surface area contributed by atoms with Crippen LogP contribution in [-0.2, 0) is 0 Å². The van der Waals surface area contributed by atoms with Gasteiger partial charge >= 0.3 is 0 Å². The maximum absolute atomic E-state index is 5.01. The smallest absolute Gasteiger partial charge is 0.181 e. The Morgan fingerprint density at radius 3 is 1.39 bits per heavy atom. The fourth-order valence-electron chi connectivity index (χ4n) is 2.23. The lowest BCUT2D eigenvalue weighted by Crippen LogP contribution is -1.79. The third kappa shape index (κ3) is 3.05. The van der Waals surface area contributed by atoms with Gasteiger partial charge in [-0.15, -0.1) is 0 Å². The van der Waals surface area contributed by atoms with E-state index in [1.807, 2.05) is 24.3 Å². The number of aromatic nitrogens is 2. The quantitative estimate of drug-likeness (QED) is 0.520. The van der Waals surface area contributed by atoms with Crippen LogP contribution in [0.3, 0.4) is 0 Å². The van der Waals surface area contributed by atoms with E-state index in [-0.39, 0.29) is 0 Å². The van der Waals surface area contributed by atoms with Gasteiger partial charge in [0.05, 0.1) is 0 Å². The summed E-state index contributed by atoms with van der Waals surface area (Å²) in [5, 5.41) is 0. The second kappa shape index (κ2) is 6.14. The van der Waals surface area contributed by atoms with Crippen LogP contribution in [0.5, 0.6) is 0 Å². The van der Waals surface area contributed by atoms with Crippen molar-refractivity contribution in [2.75, 3.05) is 0 Å². The summed E-state index contributed by atoms with van der Waals surface area (Å²) in [5.41, 5.74) is 3.78. The van der Waals surface area contributed by atoms with Crippen LogP contribution in [0.15, 0.2) is 92.5 Å². The van der Waals surface area contributed by atoms with E-state index in [1.165, 1.54) is 22.6 Å². The van der Waals surface area contributed by atoms with E-state index in [1.54, 1.807) is 24.3 Å². The highest BCUT2D eigenvalue weighted by Gasteiger charge is 2.04. The monoisotopic (exact) mass is 320 g/mol. The molecular formula is C18H12N2O2S. The van der Waals surface area contributed by atoms with E-state index in [0.717, 1.165) is 22.5 Å². The highest BCUT2D eigenvalue weighted by atomic mass is 32.2. The molecule has 0 saturated carbocycles. The van der Waals surface area contributed by atoms with Crippen LogP contribution in [0.2, 0.25) is 0 Å². The Bertz CT molecular complexity index is 792. The molecule has 0 N–H and O–H groups in total. The van der Waals surface area contributed by atoms with Gasteiger partial charge in [-0.2, -0.15) is 0 Å². The minimum atomic E-state index is 0.846. The summed E-state index contributed by atoms with van der Waals surface area (Å²) in [6.45, 7) is 0. The average molecular weight is 320 g/mol. The highest BCUT2D eigenvalue weighted by molar-refractivity contribution is 7.99. The lowest BCUT2D eigenvalue weighted by molar-refractivity contribution is 0.558. The van der Waals surface area contributed by atoms with Crippen LogP contribution in [0.1, 0.15) is 0 Å². The summed E-state index contributed by atoms with van der Waals surface area (Å²) in [4.78, 5) is 10.6. The van der Waals surface area contributed by atoms with Gasteiger partial charge in [-0.3, -0.25) is 0 Å². The van der Waals surface area contributed by atoms with Crippen molar-refractivity contribution < 1.29 is 8.83 Å². The Morgan fingerprint density at radius 1 is 0.609 bits per heavy atom. The van der Waals surface area contributed by atoms with Crippen molar-refractivity contribution in [2.24, 2.45) is 0 Å². The van der Waals surface area contributed by atoms with Crippen molar-refractivity contribution in [3.8, 4) is 22.5 Å². The van der Waals surface area contributed by atoms with E-state index >= 15 is 0 Å². The summed E-state index contributed by atoms with van der Waals surface area (Å²) >= 11 is 1.71. The van der Waals surface area contributed by atoms with Crippen LogP contribution in [0, 0.1) is 0 Å². The van der Waals surface area contributed by atoms with Crippen molar-refractivity contribution in [2.45, 2.75) is 9.79 Å². The van der Waals surface area contributed by atoms with E-state index in [0.29, 0.717) is 0 Å². The molecule has 23 heavy (non-hydrogen) atoms. The van der Waals surface area contributed by atoms with Gasteiger partial charge in [-0.25, -0.2) is 9.97 Å². The second-order valence-electron chi connectivity index (χ2n) is 4.90. The van der Waals surface area contributed by atoms with Gasteiger partial charge in [0.1, 0.15) is 23.9 Å². The molecule has 2 heterocycles. The molecule has 0 aliphatic heterocycles. The van der Waals surface area contributed by atoms with E-state index in [2.05, 4.69) is 34.2 Å². The largest absolute Gasteiger partial charge is 0.451 e. The molecule has 2 aromatic heterocycles. The Hall–Kier alpha value is -2.79. The van der Waals surface area contributed by atoms with E-state index in [9.17, 15) is 0 Å². The molecule has 0 saturated heterocycles. The molecule has 0 atom stereocenters. The van der Waals surface area contributed by atoms with Gasteiger partial charge in [0.2, 0.25) is 0 Å². The van der Waals surface area contributed by atoms with Crippen LogP contribution in [0.25, 0.3) is 22.5 Å². The summed E-state index contributed by atoms with van der Waals surface area (Å²) in [5.74, 6) is 0. The summed E-state index contributed by atoms with van der Waals surface area (Å²) in [7, 11) is 0. The third-order valence-corrected chi connectivity index (χ3v) is 4.42. The molecule has 2 aromatic carbocycles. The van der Waals surface area contributed by atoms with Crippen molar-refractivity contribution >= 4 is 11.8 Å². The lowest BCUT2D eigenvalue weighted by Gasteiger charge is -2.04. The first-order valence-electron chi connectivity index (χ1n) is 7.03. The van der Waals surface area contributed by atoms with Crippen molar-refractivity contribution in [1.29, 1.82) is 0 Å². The van der Waals surface area contributed by atoms with Gasteiger partial charge in [-0.1, -0.05) is 36.0 Å². The van der Waals surface area contributed by atoms with E-state index < -0.39 is 0 Å². The summed E-state index contributed by atoms with van der Waals surface area (Å²) in [6, 6.07) is 16.5. The van der Waals surface area contributed by atoms with Crippen LogP contribution in [0.4, 0.5) is 0 Å². The normalized spacial score (nSPS) is 10.8. The molecule has 0 aliphatic rings. The van der Waals surface area contributed by atoms with Gasteiger partial charge < -0.3 is 8.83 Å². The highest BCUT2D eigenvalue weighted by Crippen LogP contribution is 2.30. The van der Waals surface area contributed by atoms with Crippen LogP contribution in [-0.4, -0.2) is 9.97 Å².